The number of carbonyl (C=O) groups is 2. The summed E-state index contributed by atoms with van der Waals surface area (Å²) in [6.45, 7) is 6.71. The van der Waals surface area contributed by atoms with Gasteiger partial charge >= 0.3 is 5.97 Å². The van der Waals surface area contributed by atoms with Crippen molar-refractivity contribution in [3.05, 3.63) is 23.0 Å². The van der Waals surface area contributed by atoms with E-state index in [0.717, 1.165) is 24.2 Å². The highest BCUT2D eigenvalue weighted by atomic mass is 35.5. The second-order valence-corrected chi connectivity index (χ2v) is 6.65. The number of thioether (sulfide) groups is 1. The van der Waals surface area contributed by atoms with Crippen LogP contribution in [0.25, 0.3) is 0 Å². The van der Waals surface area contributed by atoms with Gasteiger partial charge in [0.2, 0.25) is 5.91 Å². The van der Waals surface area contributed by atoms with Crippen LogP contribution < -0.4 is 5.32 Å². The quantitative estimate of drug-likeness (QED) is 0.617. The van der Waals surface area contributed by atoms with E-state index < -0.39 is 11.1 Å². The van der Waals surface area contributed by atoms with Crippen LogP contribution in [0.1, 0.15) is 34.1 Å². The molecule has 0 spiro atoms. The van der Waals surface area contributed by atoms with Gasteiger partial charge in [-0.1, -0.05) is 18.5 Å². The molecule has 1 rings (SSSR count). The fraction of sp³-hybridized carbons (Fsp3) is 0.467. The Hall–Kier alpha value is -1.27. The third kappa shape index (κ3) is 5.50. The van der Waals surface area contributed by atoms with E-state index in [9.17, 15) is 14.0 Å². The van der Waals surface area contributed by atoms with Crippen molar-refractivity contribution in [1.82, 2.24) is 0 Å². The summed E-state index contributed by atoms with van der Waals surface area (Å²) < 4.78 is 18.9. The van der Waals surface area contributed by atoms with Gasteiger partial charge in [0.25, 0.3) is 0 Å². The van der Waals surface area contributed by atoms with Crippen LogP contribution in [0.4, 0.5) is 10.1 Å². The zero-order valence-corrected chi connectivity index (χ0v) is 14.5. The Kier molecular flexibility index (Phi) is 7.16. The number of carbonyl (C=O) groups excluding carboxylic acids is 2. The number of esters is 1. The van der Waals surface area contributed by atoms with E-state index in [1.807, 2.05) is 13.8 Å². The summed E-state index contributed by atoms with van der Waals surface area (Å²) in [4.78, 5) is 23.5. The van der Waals surface area contributed by atoms with Gasteiger partial charge in [0.15, 0.2) is 0 Å². The van der Waals surface area contributed by atoms with Crippen molar-refractivity contribution in [1.29, 1.82) is 0 Å². The van der Waals surface area contributed by atoms with Gasteiger partial charge in [0, 0.05) is 11.8 Å². The molecule has 1 aromatic rings. The number of ether oxygens (including phenoxy) is 1. The highest BCUT2D eigenvalue weighted by Crippen LogP contribution is 2.34. The number of nitrogens with one attached hydrogen (secondary N) is 1. The predicted octanol–water partition coefficient (Wildman–Crippen LogP) is 4.26. The Labute approximate surface area is 138 Å². The van der Waals surface area contributed by atoms with Crippen molar-refractivity contribution in [2.24, 2.45) is 0 Å². The summed E-state index contributed by atoms with van der Waals surface area (Å²) in [5.74, 6) is -1.37. The molecule has 2 unspecified atom stereocenters. The summed E-state index contributed by atoms with van der Waals surface area (Å²) >= 11 is 7.15. The molecule has 1 aromatic carbocycles. The number of hydrogen-bond donors (Lipinski definition) is 1. The normalized spacial score (nSPS) is 13.4. The molecule has 0 aliphatic rings. The van der Waals surface area contributed by atoms with Crippen molar-refractivity contribution in [2.45, 2.75) is 50.4 Å². The molecule has 1 N–H and O–H groups in total. The zero-order chi connectivity index (χ0) is 16.9. The number of anilines is 1. The highest BCUT2D eigenvalue weighted by Gasteiger charge is 2.20. The number of hydrogen-bond acceptors (Lipinski definition) is 4. The van der Waals surface area contributed by atoms with Crippen molar-refractivity contribution in [3.8, 4) is 0 Å². The first-order valence-corrected chi connectivity index (χ1v) is 8.14. The average Bonchev–Trinajstić information content (AvgIpc) is 2.43. The van der Waals surface area contributed by atoms with E-state index in [1.54, 1.807) is 6.92 Å². The Morgan fingerprint density at radius 1 is 1.41 bits per heavy atom. The lowest BCUT2D eigenvalue weighted by molar-refractivity contribution is -0.147. The maximum absolute atomic E-state index is 13.7. The largest absolute Gasteiger partial charge is 0.462 e. The molecule has 0 aromatic heterocycles. The second kappa shape index (κ2) is 8.39. The van der Waals surface area contributed by atoms with Crippen LogP contribution in [0.5, 0.6) is 0 Å². The number of halogens is 2. The first-order chi connectivity index (χ1) is 10.2. The lowest BCUT2D eigenvalue weighted by Gasteiger charge is -2.16. The van der Waals surface area contributed by atoms with Crippen LogP contribution >= 0.6 is 23.4 Å². The molecule has 0 fully saturated rings. The molecule has 0 aliphatic heterocycles. The topological polar surface area (TPSA) is 55.4 Å². The first-order valence-electron chi connectivity index (χ1n) is 6.88. The molecular formula is C15H19ClFNO3S. The molecule has 0 heterocycles. The van der Waals surface area contributed by atoms with Gasteiger partial charge in [-0.05, 0) is 32.4 Å². The summed E-state index contributed by atoms with van der Waals surface area (Å²) in [6.07, 6.45) is 0.571. The highest BCUT2D eigenvalue weighted by molar-refractivity contribution is 8.00. The Balaban J connectivity index is 2.88. The van der Waals surface area contributed by atoms with Gasteiger partial charge in [-0.25, -0.2) is 4.39 Å². The van der Waals surface area contributed by atoms with Gasteiger partial charge in [-0.2, -0.15) is 0 Å². The maximum Gasteiger partial charge on any atom is 0.319 e. The van der Waals surface area contributed by atoms with Gasteiger partial charge in [-0.3, -0.25) is 9.59 Å². The van der Waals surface area contributed by atoms with Crippen LogP contribution in [0.2, 0.25) is 5.02 Å². The molecule has 0 saturated heterocycles. The summed E-state index contributed by atoms with van der Waals surface area (Å²) in [5, 5.41) is 2.06. The molecular weight excluding hydrogens is 329 g/mol. The van der Waals surface area contributed by atoms with Crippen LogP contribution in [0.15, 0.2) is 17.0 Å². The number of benzene rings is 1. The monoisotopic (exact) mass is 347 g/mol. The van der Waals surface area contributed by atoms with E-state index >= 15 is 0 Å². The van der Waals surface area contributed by atoms with E-state index in [4.69, 9.17) is 16.3 Å². The van der Waals surface area contributed by atoms with E-state index in [0.29, 0.717) is 4.90 Å². The summed E-state index contributed by atoms with van der Waals surface area (Å²) in [5.41, 5.74) is 0.0295. The minimum Gasteiger partial charge on any atom is -0.462 e. The Morgan fingerprint density at radius 2 is 2.05 bits per heavy atom. The fourth-order valence-electron chi connectivity index (χ4n) is 1.52. The SMILES string of the molecule is CCC(C)OC(=O)C(C)Sc1cc(NC(C)=O)c(F)cc1Cl. The molecule has 0 saturated carbocycles. The van der Waals surface area contributed by atoms with Crippen LogP contribution in [0, 0.1) is 5.82 Å². The van der Waals surface area contributed by atoms with Crippen molar-refractivity contribution >= 4 is 40.9 Å². The second-order valence-electron chi connectivity index (χ2n) is 4.86. The van der Waals surface area contributed by atoms with Gasteiger partial charge in [0.05, 0.1) is 16.8 Å². The van der Waals surface area contributed by atoms with E-state index in [2.05, 4.69) is 5.32 Å². The zero-order valence-electron chi connectivity index (χ0n) is 12.9. The smallest absolute Gasteiger partial charge is 0.319 e. The minimum absolute atomic E-state index is 0.0295. The third-order valence-corrected chi connectivity index (χ3v) is 4.42. The average molecular weight is 348 g/mol. The van der Waals surface area contributed by atoms with E-state index in [1.165, 1.54) is 13.0 Å². The summed E-state index contributed by atoms with van der Waals surface area (Å²) in [6, 6.07) is 2.53. The van der Waals surface area contributed by atoms with Crippen LogP contribution in [-0.2, 0) is 14.3 Å². The lowest BCUT2D eigenvalue weighted by atomic mass is 10.3. The molecule has 7 heteroatoms. The van der Waals surface area contributed by atoms with Gasteiger partial charge in [-0.15, -0.1) is 11.8 Å². The Morgan fingerprint density at radius 3 is 2.59 bits per heavy atom. The minimum atomic E-state index is -0.626. The van der Waals surface area contributed by atoms with Crippen molar-refractivity contribution in [2.75, 3.05) is 5.32 Å². The fourth-order valence-corrected chi connectivity index (χ4v) is 2.69. The number of rotatable bonds is 6. The van der Waals surface area contributed by atoms with E-state index in [-0.39, 0.29) is 28.7 Å². The van der Waals surface area contributed by atoms with Crippen molar-refractivity contribution < 1.29 is 18.7 Å². The van der Waals surface area contributed by atoms with Gasteiger partial charge < -0.3 is 10.1 Å². The molecule has 0 bridgehead atoms. The first kappa shape index (κ1) is 18.8. The molecule has 1 amide bonds. The van der Waals surface area contributed by atoms with Crippen molar-refractivity contribution in [3.63, 3.8) is 0 Å². The standard InChI is InChI=1S/C15H19ClFNO3S/c1-5-8(2)21-15(20)9(3)22-14-7-13(18-10(4)19)12(17)6-11(14)16/h6-9H,5H2,1-4H3,(H,18,19). The Bertz CT molecular complexity index is 568. The maximum atomic E-state index is 13.7. The molecule has 122 valence electrons. The molecule has 22 heavy (non-hydrogen) atoms. The van der Waals surface area contributed by atoms with Gasteiger partial charge in [0.1, 0.15) is 11.1 Å². The molecule has 0 radical (unpaired) electrons. The molecule has 4 nitrogen and oxygen atoms in total. The lowest BCUT2D eigenvalue weighted by Crippen LogP contribution is -2.22. The number of amides is 1. The molecule has 2 atom stereocenters. The molecule has 0 aliphatic carbocycles. The predicted molar refractivity (Wildman–Crippen MR) is 86.9 cm³/mol. The third-order valence-electron chi connectivity index (χ3n) is 2.86. The summed E-state index contributed by atoms with van der Waals surface area (Å²) in [7, 11) is 0. The van der Waals surface area contributed by atoms with Crippen LogP contribution in [-0.4, -0.2) is 23.2 Å². The van der Waals surface area contributed by atoms with Crippen LogP contribution in [0.3, 0.4) is 0 Å².